The molecule has 1 amide bonds. The van der Waals surface area contributed by atoms with Crippen molar-refractivity contribution in [1.82, 2.24) is 19.4 Å². The molecule has 3 heterocycles. The minimum Gasteiger partial charge on any atom is -0.343 e. The number of aromatic nitrogens is 2. The Balaban J connectivity index is 1.41. The van der Waals surface area contributed by atoms with Crippen LogP contribution in [0, 0.1) is 5.41 Å². The quantitative estimate of drug-likeness (QED) is 0.916. The summed E-state index contributed by atoms with van der Waals surface area (Å²) < 4.78 is 3.37. The average Bonchev–Trinajstić information content (AvgIpc) is 3.18. The lowest BCUT2D eigenvalue weighted by Gasteiger charge is -2.39. The van der Waals surface area contributed by atoms with Crippen LogP contribution in [-0.4, -0.2) is 46.1 Å². The Morgan fingerprint density at radius 3 is 2.56 bits per heavy atom. The topological polar surface area (TPSA) is 59.3 Å². The van der Waals surface area contributed by atoms with Crippen molar-refractivity contribution >= 4 is 16.9 Å². The summed E-state index contributed by atoms with van der Waals surface area (Å²) in [6, 6.07) is 7.74. The van der Waals surface area contributed by atoms with Gasteiger partial charge in [0.05, 0.1) is 11.0 Å². The van der Waals surface area contributed by atoms with E-state index in [9.17, 15) is 9.59 Å². The third-order valence-electron chi connectivity index (χ3n) is 6.11. The molecule has 2 aliphatic heterocycles. The molecule has 0 saturated carbocycles. The zero-order valence-electron chi connectivity index (χ0n) is 14.8. The second-order valence-electron chi connectivity index (χ2n) is 7.54. The van der Waals surface area contributed by atoms with E-state index in [0.717, 1.165) is 50.1 Å². The van der Waals surface area contributed by atoms with Crippen LogP contribution in [0.1, 0.15) is 25.7 Å². The number of aryl methyl sites for hydroxylation is 2. The monoisotopic (exact) mass is 342 g/mol. The molecule has 6 heteroatoms. The van der Waals surface area contributed by atoms with Gasteiger partial charge in [-0.2, -0.15) is 0 Å². The fourth-order valence-corrected chi connectivity index (χ4v) is 4.40. The number of nitrogens with zero attached hydrogens (tertiary/aromatic N) is 3. The fourth-order valence-electron chi connectivity index (χ4n) is 4.40. The van der Waals surface area contributed by atoms with Gasteiger partial charge < -0.3 is 10.2 Å². The van der Waals surface area contributed by atoms with Crippen LogP contribution in [0.5, 0.6) is 0 Å². The molecule has 0 bridgehead atoms. The zero-order valence-corrected chi connectivity index (χ0v) is 14.8. The maximum absolute atomic E-state index is 12.6. The Hall–Kier alpha value is -2.08. The van der Waals surface area contributed by atoms with Gasteiger partial charge in [0, 0.05) is 39.6 Å². The van der Waals surface area contributed by atoms with E-state index in [1.807, 2.05) is 29.2 Å². The number of para-hydroxylation sites is 2. The van der Waals surface area contributed by atoms with Crippen molar-refractivity contribution in [2.45, 2.75) is 32.2 Å². The van der Waals surface area contributed by atoms with Gasteiger partial charge in [-0.1, -0.05) is 12.1 Å². The molecule has 134 valence electrons. The minimum atomic E-state index is -0.0522. The highest BCUT2D eigenvalue weighted by Crippen LogP contribution is 2.36. The van der Waals surface area contributed by atoms with Gasteiger partial charge in [-0.25, -0.2) is 4.79 Å². The highest BCUT2D eigenvalue weighted by Gasteiger charge is 2.37. The predicted octanol–water partition coefficient (Wildman–Crippen LogP) is 1.33. The zero-order chi connectivity index (χ0) is 17.4. The van der Waals surface area contributed by atoms with Crippen molar-refractivity contribution in [2.75, 3.05) is 26.2 Å². The molecule has 4 rings (SSSR count). The summed E-state index contributed by atoms with van der Waals surface area (Å²) in [5, 5.41) is 3.46. The van der Waals surface area contributed by atoms with Crippen LogP contribution >= 0.6 is 0 Å². The van der Waals surface area contributed by atoms with Crippen molar-refractivity contribution in [1.29, 1.82) is 0 Å². The Morgan fingerprint density at radius 1 is 1.16 bits per heavy atom. The van der Waals surface area contributed by atoms with Crippen LogP contribution in [0.2, 0.25) is 0 Å². The van der Waals surface area contributed by atoms with Crippen molar-refractivity contribution in [3.63, 3.8) is 0 Å². The number of carbonyl (C=O) groups excluding carboxylic acids is 1. The van der Waals surface area contributed by atoms with Crippen LogP contribution in [-0.2, 0) is 18.4 Å². The number of fused-ring (bicyclic) bond motifs is 1. The molecule has 1 N–H and O–H groups in total. The lowest BCUT2D eigenvalue weighted by molar-refractivity contribution is -0.133. The van der Waals surface area contributed by atoms with Crippen LogP contribution in [0.15, 0.2) is 29.1 Å². The summed E-state index contributed by atoms with van der Waals surface area (Å²) in [5.41, 5.74) is 2.18. The summed E-state index contributed by atoms with van der Waals surface area (Å²) in [4.78, 5) is 27.0. The van der Waals surface area contributed by atoms with Gasteiger partial charge in [-0.05, 0) is 43.4 Å². The van der Waals surface area contributed by atoms with Gasteiger partial charge in [0.25, 0.3) is 0 Å². The molecule has 1 aromatic heterocycles. The van der Waals surface area contributed by atoms with Crippen LogP contribution in [0.4, 0.5) is 0 Å². The van der Waals surface area contributed by atoms with Gasteiger partial charge in [0.15, 0.2) is 0 Å². The standard InChI is InChI=1S/C19H26N4O2/c1-21-15-4-2-3-5-16(15)23(18(21)25)11-6-17(24)22-12-8-19(9-13-22)7-10-20-14-19/h2-5,20H,6-14H2,1H3. The first-order valence-corrected chi connectivity index (χ1v) is 9.22. The molecule has 2 saturated heterocycles. The number of likely N-dealkylation sites (tertiary alicyclic amines) is 1. The van der Waals surface area contributed by atoms with E-state index in [0.29, 0.717) is 18.4 Å². The molecule has 0 unspecified atom stereocenters. The van der Waals surface area contributed by atoms with Crippen LogP contribution in [0.25, 0.3) is 11.0 Å². The number of benzene rings is 1. The minimum absolute atomic E-state index is 0.0522. The van der Waals surface area contributed by atoms with Gasteiger partial charge in [-0.15, -0.1) is 0 Å². The van der Waals surface area contributed by atoms with Crippen molar-refractivity contribution < 1.29 is 4.79 Å². The summed E-state index contributed by atoms with van der Waals surface area (Å²) >= 11 is 0. The van der Waals surface area contributed by atoms with Crippen molar-refractivity contribution in [3.8, 4) is 0 Å². The Bertz CT molecular complexity index is 835. The van der Waals surface area contributed by atoms with Gasteiger partial charge in [-0.3, -0.25) is 13.9 Å². The molecule has 1 spiro atoms. The second-order valence-corrected chi connectivity index (χ2v) is 7.54. The van der Waals surface area contributed by atoms with E-state index < -0.39 is 0 Å². The molecular formula is C19H26N4O2. The summed E-state index contributed by atoms with van der Waals surface area (Å²) in [7, 11) is 1.78. The molecule has 1 aromatic carbocycles. The Labute approximate surface area is 147 Å². The maximum Gasteiger partial charge on any atom is 0.328 e. The van der Waals surface area contributed by atoms with Crippen LogP contribution < -0.4 is 11.0 Å². The number of hydrogen-bond donors (Lipinski definition) is 1. The SMILES string of the molecule is Cn1c(=O)n(CCC(=O)N2CCC3(CCNC3)CC2)c2ccccc21. The Kier molecular flexibility index (Phi) is 4.15. The molecule has 0 radical (unpaired) electrons. The Morgan fingerprint density at radius 2 is 1.88 bits per heavy atom. The molecule has 6 nitrogen and oxygen atoms in total. The molecule has 2 aromatic rings. The number of rotatable bonds is 3. The number of imidazole rings is 1. The van der Waals surface area contributed by atoms with E-state index in [2.05, 4.69) is 5.32 Å². The maximum atomic E-state index is 12.6. The van der Waals surface area contributed by atoms with Gasteiger partial charge in [0.2, 0.25) is 5.91 Å². The summed E-state index contributed by atoms with van der Waals surface area (Å²) in [6.45, 7) is 4.36. The molecular weight excluding hydrogens is 316 g/mol. The summed E-state index contributed by atoms with van der Waals surface area (Å²) in [6.07, 6.45) is 3.82. The first-order chi connectivity index (χ1) is 12.1. The van der Waals surface area contributed by atoms with Crippen molar-refractivity contribution in [3.05, 3.63) is 34.7 Å². The third kappa shape index (κ3) is 2.88. The highest BCUT2D eigenvalue weighted by atomic mass is 16.2. The largest absolute Gasteiger partial charge is 0.343 e. The number of hydrogen-bond acceptors (Lipinski definition) is 3. The fraction of sp³-hybridized carbons (Fsp3) is 0.579. The second kappa shape index (κ2) is 6.33. The highest BCUT2D eigenvalue weighted by molar-refractivity contribution is 5.78. The lowest BCUT2D eigenvalue weighted by atomic mass is 9.78. The van der Waals surface area contributed by atoms with E-state index in [-0.39, 0.29) is 11.6 Å². The average molecular weight is 342 g/mol. The van der Waals surface area contributed by atoms with E-state index in [1.165, 1.54) is 6.42 Å². The molecule has 0 atom stereocenters. The van der Waals surface area contributed by atoms with E-state index in [1.54, 1.807) is 16.2 Å². The van der Waals surface area contributed by atoms with E-state index >= 15 is 0 Å². The number of carbonyl (C=O) groups is 1. The van der Waals surface area contributed by atoms with E-state index in [4.69, 9.17) is 0 Å². The third-order valence-corrected chi connectivity index (χ3v) is 6.11. The van der Waals surface area contributed by atoms with Crippen molar-refractivity contribution in [2.24, 2.45) is 12.5 Å². The summed E-state index contributed by atoms with van der Waals surface area (Å²) in [5.74, 6) is 0.167. The number of nitrogens with one attached hydrogen (secondary N) is 1. The number of amides is 1. The number of piperidine rings is 1. The molecule has 25 heavy (non-hydrogen) atoms. The first-order valence-electron chi connectivity index (χ1n) is 9.22. The predicted molar refractivity (Wildman–Crippen MR) is 97.5 cm³/mol. The van der Waals surface area contributed by atoms with Gasteiger partial charge in [0.1, 0.15) is 0 Å². The van der Waals surface area contributed by atoms with Gasteiger partial charge >= 0.3 is 5.69 Å². The van der Waals surface area contributed by atoms with Crippen LogP contribution in [0.3, 0.4) is 0 Å². The molecule has 2 aliphatic rings. The molecule has 0 aliphatic carbocycles. The normalized spacial score (nSPS) is 19.8. The lowest BCUT2D eigenvalue weighted by Crippen LogP contribution is -2.44. The first kappa shape index (κ1) is 16.4. The smallest absolute Gasteiger partial charge is 0.328 e. The molecule has 2 fully saturated rings.